The van der Waals surface area contributed by atoms with Crippen molar-refractivity contribution in [2.75, 3.05) is 5.75 Å². The van der Waals surface area contributed by atoms with Crippen molar-refractivity contribution in [3.63, 3.8) is 0 Å². The van der Waals surface area contributed by atoms with Gasteiger partial charge >= 0.3 is 5.97 Å². The Labute approximate surface area is 89.9 Å². The van der Waals surface area contributed by atoms with E-state index >= 15 is 0 Å². The second-order valence-corrected chi connectivity index (χ2v) is 5.29. The van der Waals surface area contributed by atoms with Gasteiger partial charge in [0.05, 0.1) is 11.5 Å². The molecule has 2 atom stereocenters. The molecule has 0 unspecified atom stereocenters. The molecule has 4 heteroatoms. The maximum absolute atomic E-state index is 11.0. The minimum atomic E-state index is -0.779. The third kappa shape index (κ3) is 2.23. The molecule has 82 valence electrons. The van der Waals surface area contributed by atoms with Gasteiger partial charge in [0.2, 0.25) is 0 Å². The van der Waals surface area contributed by atoms with Crippen LogP contribution in [0.1, 0.15) is 33.1 Å². The Morgan fingerprint density at radius 3 is 2.50 bits per heavy atom. The highest BCUT2D eigenvalue weighted by atomic mass is 32.1. The van der Waals surface area contributed by atoms with Gasteiger partial charge in [-0.3, -0.25) is 4.79 Å². The Kier molecular flexibility index (Phi) is 3.17. The molecule has 0 amide bonds. The zero-order chi connectivity index (χ0) is 11.0. The molecule has 1 rings (SSSR count). The highest BCUT2D eigenvalue weighted by Gasteiger charge is 2.46. The molecule has 0 spiro atoms. The lowest BCUT2D eigenvalue weighted by molar-refractivity contribution is -0.152. The van der Waals surface area contributed by atoms with E-state index in [2.05, 4.69) is 12.6 Å². The van der Waals surface area contributed by atoms with Crippen LogP contribution < -0.4 is 0 Å². The van der Waals surface area contributed by atoms with Crippen molar-refractivity contribution >= 4 is 18.6 Å². The van der Waals surface area contributed by atoms with Gasteiger partial charge in [-0.1, -0.05) is 13.8 Å². The van der Waals surface area contributed by atoms with Gasteiger partial charge in [0.25, 0.3) is 0 Å². The predicted molar refractivity (Wildman–Crippen MR) is 57.6 cm³/mol. The number of carboxylic acid groups (broad SMARTS) is 1. The van der Waals surface area contributed by atoms with Crippen molar-refractivity contribution in [3.05, 3.63) is 0 Å². The van der Waals surface area contributed by atoms with Crippen molar-refractivity contribution in [1.82, 2.24) is 0 Å². The van der Waals surface area contributed by atoms with E-state index in [1.165, 1.54) is 0 Å². The maximum atomic E-state index is 11.0. The quantitative estimate of drug-likeness (QED) is 0.616. The first-order valence-corrected chi connectivity index (χ1v) is 5.50. The van der Waals surface area contributed by atoms with Gasteiger partial charge in [-0.2, -0.15) is 12.6 Å². The van der Waals surface area contributed by atoms with E-state index in [1.807, 2.05) is 13.8 Å². The van der Waals surface area contributed by atoms with Crippen LogP contribution in [0.25, 0.3) is 0 Å². The van der Waals surface area contributed by atoms with Gasteiger partial charge in [0.15, 0.2) is 0 Å². The lowest BCUT2D eigenvalue weighted by Crippen LogP contribution is -2.47. The summed E-state index contributed by atoms with van der Waals surface area (Å²) in [6.45, 7) is 3.80. The summed E-state index contributed by atoms with van der Waals surface area (Å²) in [6, 6.07) is 0. The molecule has 0 saturated heterocycles. The molecule has 0 aliphatic heterocycles. The normalized spacial score (nSPS) is 36.7. The third-order valence-electron chi connectivity index (χ3n) is 3.22. The number of rotatable bonds is 2. The van der Waals surface area contributed by atoms with Gasteiger partial charge < -0.3 is 10.2 Å². The topological polar surface area (TPSA) is 57.5 Å². The summed E-state index contributed by atoms with van der Waals surface area (Å²) in [5.41, 5.74) is -1.12. The highest BCUT2D eigenvalue weighted by Crippen LogP contribution is 2.45. The molecule has 0 aromatic carbocycles. The molecular weight excluding hydrogens is 200 g/mol. The van der Waals surface area contributed by atoms with E-state index in [4.69, 9.17) is 5.11 Å². The lowest BCUT2D eigenvalue weighted by atomic mass is 9.64. The van der Waals surface area contributed by atoms with Crippen LogP contribution in [-0.2, 0) is 4.79 Å². The highest BCUT2D eigenvalue weighted by molar-refractivity contribution is 7.80. The summed E-state index contributed by atoms with van der Waals surface area (Å²) in [4.78, 5) is 11.0. The molecule has 0 aromatic heterocycles. The SMILES string of the molecule is CC1(C)C[C@@](O)(CS)CC[C@@H]1C(=O)O. The molecule has 0 bridgehead atoms. The molecule has 14 heavy (non-hydrogen) atoms. The summed E-state index contributed by atoms with van der Waals surface area (Å²) in [7, 11) is 0. The maximum Gasteiger partial charge on any atom is 0.307 e. The summed E-state index contributed by atoms with van der Waals surface area (Å²) >= 11 is 4.11. The van der Waals surface area contributed by atoms with Crippen LogP contribution in [0.2, 0.25) is 0 Å². The van der Waals surface area contributed by atoms with Gasteiger partial charge in [0.1, 0.15) is 0 Å². The Balaban J connectivity index is 2.80. The van der Waals surface area contributed by atoms with Crippen LogP contribution in [-0.4, -0.2) is 27.5 Å². The third-order valence-corrected chi connectivity index (χ3v) is 3.81. The van der Waals surface area contributed by atoms with Crippen LogP contribution in [0.4, 0.5) is 0 Å². The fourth-order valence-electron chi connectivity index (χ4n) is 2.46. The largest absolute Gasteiger partial charge is 0.481 e. The number of carbonyl (C=O) groups is 1. The Morgan fingerprint density at radius 1 is 1.57 bits per heavy atom. The number of aliphatic hydroxyl groups is 1. The van der Waals surface area contributed by atoms with Crippen molar-refractivity contribution in [1.29, 1.82) is 0 Å². The lowest BCUT2D eigenvalue weighted by Gasteiger charge is -2.44. The molecular formula is C10H18O3S. The summed E-state index contributed by atoms with van der Waals surface area (Å²) in [6.07, 6.45) is 1.59. The second-order valence-electron chi connectivity index (χ2n) is 4.98. The molecule has 1 aliphatic rings. The minimum absolute atomic E-state index is 0.345. The standard InChI is InChI=1S/C10H18O3S/c1-9(2)5-10(13,6-14)4-3-7(9)8(11)12/h7,13-14H,3-6H2,1-2H3,(H,11,12)/t7-,10-/m1/s1. The first kappa shape index (κ1) is 11.9. The van der Waals surface area contributed by atoms with Gasteiger partial charge in [-0.05, 0) is 24.7 Å². The zero-order valence-electron chi connectivity index (χ0n) is 8.66. The molecule has 1 saturated carbocycles. The first-order valence-electron chi connectivity index (χ1n) is 4.87. The van der Waals surface area contributed by atoms with Crippen LogP contribution in [0, 0.1) is 11.3 Å². The fraction of sp³-hybridized carbons (Fsp3) is 0.900. The molecule has 0 heterocycles. The second kappa shape index (κ2) is 3.74. The average Bonchev–Trinajstić information content (AvgIpc) is 2.01. The Morgan fingerprint density at radius 2 is 2.14 bits per heavy atom. The average molecular weight is 218 g/mol. The number of carboxylic acids is 1. The number of thiol groups is 1. The molecule has 0 aromatic rings. The molecule has 3 nitrogen and oxygen atoms in total. The Bertz CT molecular complexity index is 240. The number of hydrogen-bond acceptors (Lipinski definition) is 3. The van der Waals surface area contributed by atoms with Crippen molar-refractivity contribution in [2.45, 2.75) is 38.7 Å². The van der Waals surface area contributed by atoms with Crippen molar-refractivity contribution < 1.29 is 15.0 Å². The van der Waals surface area contributed by atoms with E-state index < -0.39 is 11.6 Å². The van der Waals surface area contributed by atoms with Crippen LogP contribution >= 0.6 is 12.6 Å². The minimum Gasteiger partial charge on any atom is -0.481 e. The zero-order valence-corrected chi connectivity index (χ0v) is 9.55. The first-order chi connectivity index (χ1) is 6.31. The number of aliphatic carboxylic acids is 1. The van der Waals surface area contributed by atoms with E-state index in [1.54, 1.807) is 0 Å². The summed E-state index contributed by atoms with van der Waals surface area (Å²) in [5, 5.41) is 19.1. The van der Waals surface area contributed by atoms with Crippen LogP contribution in [0.3, 0.4) is 0 Å². The summed E-state index contributed by atoms with van der Waals surface area (Å²) in [5.74, 6) is -0.693. The predicted octanol–water partition coefficient (Wildman–Crippen LogP) is 1.56. The molecule has 1 aliphatic carbocycles. The van der Waals surface area contributed by atoms with Gasteiger partial charge in [0, 0.05) is 5.75 Å². The number of hydrogen-bond donors (Lipinski definition) is 3. The molecule has 1 fully saturated rings. The monoisotopic (exact) mass is 218 g/mol. The van der Waals surface area contributed by atoms with Crippen LogP contribution in [0.5, 0.6) is 0 Å². The van der Waals surface area contributed by atoms with Crippen molar-refractivity contribution in [3.8, 4) is 0 Å². The van der Waals surface area contributed by atoms with E-state index in [0.717, 1.165) is 0 Å². The van der Waals surface area contributed by atoms with E-state index in [9.17, 15) is 9.90 Å². The smallest absolute Gasteiger partial charge is 0.307 e. The fourth-order valence-corrected chi connectivity index (χ4v) is 2.73. The van der Waals surface area contributed by atoms with E-state index in [0.29, 0.717) is 25.0 Å². The van der Waals surface area contributed by atoms with Gasteiger partial charge in [-0.25, -0.2) is 0 Å². The van der Waals surface area contributed by atoms with Crippen molar-refractivity contribution in [2.24, 2.45) is 11.3 Å². The molecule has 0 radical (unpaired) electrons. The molecule has 2 N–H and O–H groups in total. The van der Waals surface area contributed by atoms with Gasteiger partial charge in [-0.15, -0.1) is 0 Å². The van der Waals surface area contributed by atoms with Crippen LogP contribution in [0.15, 0.2) is 0 Å². The summed E-state index contributed by atoms with van der Waals surface area (Å²) < 4.78 is 0. The Hall–Kier alpha value is -0.220. The van der Waals surface area contributed by atoms with E-state index in [-0.39, 0.29) is 11.3 Å².